The molecule has 2 N–H and O–H groups in total. The number of rotatable bonds is 3. The van der Waals surface area contributed by atoms with E-state index < -0.39 is 0 Å². The lowest BCUT2D eigenvalue weighted by Gasteiger charge is -2.32. The molecule has 0 aromatic heterocycles. The molecular formula is C12H15N3O3. The summed E-state index contributed by atoms with van der Waals surface area (Å²) in [5.74, 6) is 4.62. The Morgan fingerprint density at radius 1 is 1.28 bits per heavy atom. The quantitative estimate of drug-likeness (QED) is 0.597. The van der Waals surface area contributed by atoms with E-state index >= 15 is 0 Å². The zero-order chi connectivity index (χ0) is 13.1. The fraction of sp³-hybridized carbons (Fsp3) is 0.333. The molecule has 1 fully saturated rings. The maximum Gasteiger partial charge on any atom is 0.248 e. The number of hydrogen-bond donors (Lipinski definition) is 1. The Hall–Kier alpha value is -1.92. The second-order valence-electron chi connectivity index (χ2n) is 4.18. The molecule has 18 heavy (non-hydrogen) atoms. The van der Waals surface area contributed by atoms with Gasteiger partial charge in [0, 0.05) is 12.7 Å². The molecule has 0 unspecified atom stereocenters. The number of nitrogens with zero attached hydrogens (tertiary/aromatic N) is 2. The van der Waals surface area contributed by atoms with Gasteiger partial charge in [0.2, 0.25) is 11.8 Å². The minimum Gasteiger partial charge on any atom is -0.353 e. The van der Waals surface area contributed by atoms with Crippen LogP contribution in [0.5, 0.6) is 0 Å². The molecule has 6 heteroatoms. The van der Waals surface area contributed by atoms with Crippen LogP contribution in [0.4, 0.5) is 5.69 Å². The highest BCUT2D eigenvalue weighted by molar-refractivity contribution is 6.02. The van der Waals surface area contributed by atoms with Gasteiger partial charge in [0.1, 0.15) is 0 Å². The Kier molecular flexibility index (Phi) is 3.59. The van der Waals surface area contributed by atoms with Gasteiger partial charge >= 0.3 is 0 Å². The first-order valence-corrected chi connectivity index (χ1v) is 5.57. The zero-order valence-electron chi connectivity index (χ0n) is 10.1. The molecule has 2 rings (SSSR count). The van der Waals surface area contributed by atoms with E-state index in [4.69, 9.17) is 5.90 Å². The first-order chi connectivity index (χ1) is 8.61. The molecule has 1 aliphatic rings. The Labute approximate surface area is 105 Å². The van der Waals surface area contributed by atoms with Gasteiger partial charge < -0.3 is 4.90 Å². The molecule has 1 heterocycles. The third-order valence-corrected chi connectivity index (χ3v) is 2.93. The van der Waals surface area contributed by atoms with E-state index in [9.17, 15) is 9.59 Å². The monoisotopic (exact) mass is 249 g/mol. The number of anilines is 1. The Balaban J connectivity index is 2.19. The largest absolute Gasteiger partial charge is 0.353 e. The summed E-state index contributed by atoms with van der Waals surface area (Å²) >= 11 is 0. The number of amides is 2. The predicted molar refractivity (Wildman–Crippen MR) is 65.4 cm³/mol. The van der Waals surface area contributed by atoms with Crippen LogP contribution in [0.2, 0.25) is 0 Å². The molecule has 1 aromatic carbocycles. The van der Waals surface area contributed by atoms with Crippen LogP contribution < -0.4 is 10.8 Å². The maximum atomic E-state index is 11.6. The molecule has 1 saturated heterocycles. The van der Waals surface area contributed by atoms with Crippen molar-refractivity contribution in [2.24, 2.45) is 5.90 Å². The lowest BCUT2D eigenvalue weighted by molar-refractivity contribution is -0.143. The van der Waals surface area contributed by atoms with Crippen LogP contribution in [0.25, 0.3) is 0 Å². The number of hydrogen-bond acceptors (Lipinski definition) is 5. The lowest BCUT2D eigenvalue weighted by atomic mass is 10.2. The summed E-state index contributed by atoms with van der Waals surface area (Å²) in [5, 5.41) is 0. The van der Waals surface area contributed by atoms with Crippen LogP contribution in [-0.4, -0.2) is 36.9 Å². The first kappa shape index (κ1) is 12.5. The normalized spacial score (nSPS) is 16.3. The van der Waals surface area contributed by atoms with E-state index in [1.165, 1.54) is 7.05 Å². The summed E-state index contributed by atoms with van der Waals surface area (Å²) in [5.41, 5.74) is 1.72. The SMILES string of the molecule is CN1C(=O)CN(c2cccc(CON)c2)CC1=O. The third-order valence-electron chi connectivity index (χ3n) is 2.93. The van der Waals surface area contributed by atoms with Gasteiger partial charge in [-0.1, -0.05) is 12.1 Å². The van der Waals surface area contributed by atoms with Crippen LogP contribution in [0, 0.1) is 0 Å². The fourth-order valence-electron chi connectivity index (χ4n) is 1.86. The van der Waals surface area contributed by atoms with Crippen LogP contribution in [0.1, 0.15) is 5.56 Å². The van der Waals surface area contributed by atoms with Crippen LogP contribution in [0.3, 0.4) is 0 Å². The number of carbonyl (C=O) groups excluding carboxylic acids is 2. The molecule has 96 valence electrons. The van der Waals surface area contributed by atoms with Crippen molar-refractivity contribution in [3.8, 4) is 0 Å². The van der Waals surface area contributed by atoms with Gasteiger partial charge in [-0.25, -0.2) is 5.90 Å². The lowest BCUT2D eigenvalue weighted by Crippen LogP contribution is -2.52. The number of nitrogens with two attached hydrogens (primary N) is 1. The van der Waals surface area contributed by atoms with E-state index in [0.717, 1.165) is 16.2 Å². The number of likely N-dealkylation sites (N-methyl/N-ethyl adjacent to an activating group) is 1. The van der Waals surface area contributed by atoms with E-state index in [-0.39, 0.29) is 24.9 Å². The number of carbonyl (C=O) groups is 2. The molecule has 0 bridgehead atoms. The van der Waals surface area contributed by atoms with Crippen molar-refractivity contribution in [1.82, 2.24) is 4.90 Å². The molecule has 6 nitrogen and oxygen atoms in total. The van der Waals surface area contributed by atoms with E-state index in [0.29, 0.717) is 6.61 Å². The summed E-state index contributed by atoms with van der Waals surface area (Å²) in [6.45, 7) is 0.702. The minimum atomic E-state index is -0.202. The van der Waals surface area contributed by atoms with Crippen molar-refractivity contribution in [3.05, 3.63) is 29.8 Å². The van der Waals surface area contributed by atoms with Crippen molar-refractivity contribution in [2.45, 2.75) is 6.61 Å². The van der Waals surface area contributed by atoms with Crippen molar-refractivity contribution >= 4 is 17.5 Å². The van der Waals surface area contributed by atoms with E-state index in [2.05, 4.69) is 4.84 Å². The first-order valence-electron chi connectivity index (χ1n) is 5.57. The molecule has 0 saturated carbocycles. The van der Waals surface area contributed by atoms with Gasteiger partial charge in [-0.2, -0.15) is 0 Å². The molecule has 0 aliphatic carbocycles. The number of benzene rings is 1. The summed E-state index contributed by atoms with van der Waals surface area (Å²) < 4.78 is 0. The summed E-state index contributed by atoms with van der Waals surface area (Å²) in [4.78, 5) is 30.7. The highest BCUT2D eigenvalue weighted by Crippen LogP contribution is 2.18. The van der Waals surface area contributed by atoms with Crippen molar-refractivity contribution in [2.75, 3.05) is 25.0 Å². The zero-order valence-corrected chi connectivity index (χ0v) is 10.1. The topological polar surface area (TPSA) is 75.9 Å². The molecule has 1 aliphatic heterocycles. The van der Waals surface area contributed by atoms with Gasteiger partial charge in [0.05, 0.1) is 19.7 Å². The number of piperazine rings is 1. The standard InChI is InChI=1S/C12H15N3O3/c1-14-11(16)6-15(7-12(14)17)10-4-2-3-9(5-10)8-18-13/h2-5H,6-8,13H2,1H3. The average molecular weight is 249 g/mol. The summed E-state index contributed by atoms with van der Waals surface area (Å²) in [6.07, 6.45) is 0. The van der Waals surface area contributed by atoms with Crippen molar-refractivity contribution in [3.63, 3.8) is 0 Å². The third kappa shape index (κ3) is 2.49. The second kappa shape index (κ2) is 5.16. The smallest absolute Gasteiger partial charge is 0.248 e. The Morgan fingerprint density at radius 3 is 2.56 bits per heavy atom. The van der Waals surface area contributed by atoms with E-state index in [1.54, 1.807) is 4.90 Å². The van der Waals surface area contributed by atoms with Gasteiger partial charge in [-0.15, -0.1) is 0 Å². The average Bonchev–Trinajstić information content (AvgIpc) is 2.36. The molecule has 1 aromatic rings. The van der Waals surface area contributed by atoms with Crippen LogP contribution in [-0.2, 0) is 21.0 Å². The van der Waals surface area contributed by atoms with Gasteiger partial charge in [-0.3, -0.25) is 19.3 Å². The Bertz CT molecular complexity index is 457. The van der Waals surface area contributed by atoms with Crippen molar-refractivity contribution in [1.29, 1.82) is 0 Å². The Morgan fingerprint density at radius 2 is 1.94 bits per heavy atom. The van der Waals surface area contributed by atoms with Gasteiger partial charge in [-0.05, 0) is 17.7 Å². The molecular weight excluding hydrogens is 234 g/mol. The predicted octanol–water partition coefficient (Wildman–Crippen LogP) is -0.118. The minimum absolute atomic E-state index is 0.202. The summed E-state index contributed by atoms with van der Waals surface area (Å²) in [6, 6.07) is 7.43. The molecule has 0 radical (unpaired) electrons. The molecule has 2 amide bonds. The van der Waals surface area contributed by atoms with Gasteiger partial charge in [0.25, 0.3) is 0 Å². The van der Waals surface area contributed by atoms with Gasteiger partial charge in [0.15, 0.2) is 0 Å². The highest BCUT2D eigenvalue weighted by Gasteiger charge is 2.28. The fourth-order valence-corrected chi connectivity index (χ4v) is 1.86. The van der Waals surface area contributed by atoms with E-state index in [1.807, 2.05) is 24.3 Å². The molecule has 0 atom stereocenters. The van der Waals surface area contributed by atoms with Crippen LogP contribution >= 0.6 is 0 Å². The number of imide groups is 1. The summed E-state index contributed by atoms with van der Waals surface area (Å²) in [7, 11) is 1.50. The molecule has 0 spiro atoms. The maximum absolute atomic E-state index is 11.6. The second-order valence-corrected chi connectivity index (χ2v) is 4.18. The van der Waals surface area contributed by atoms with Crippen molar-refractivity contribution < 1.29 is 14.4 Å². The highest BCUT2D eigenvalue weighted by atomic mass is 16.6. The van der Waals surface area contributed by atoms with Crippen LogP contribution in [0.15, 0.2) is 24.3 Å².